The van der Waals surface area contributed by atoms with E-state index in [-0.39, 0.29) is 0 Å². The zero-order valence-corrected chi connectivity index (χ0v) is 7.70. The van der Waals surface area contributed by atoms with Gasteiger partial charge < -0.3 is 0 Å². The van der Waals surface area contributed by atoms with Crippen LogP contribution >= 0.6 is 12.6 Å². The van der Waals surface area contributed by atoms with Gasteiger partial charge in [-0.3, -0.25) is 0 Å². The highest BCUT2D eigenvalue weighted by Crippen LogP contribution is 2.29. The topological polar surface area (TPSA) is 0 Å². The normalized spacial score (nSPS) is 17.8. The van der Waals surface area contributed by atoms with Gasteiger partial charge in [-0.25, -0.2) is 0 Å². The Morgan fingerprint density at radius 3 is 2.62 bits per heavy atom. The van der Waals surface area contributed by atoms with Gasteiger partial charge in [0.2, 0.25) is 0 Å². The molecule has 0 aromatic carbocycles. The highest BCUT2D eigenvalue weighted by Gasteiger charge is 2.31. The summed E-state index contributed by atoms with van der Waals surface area (Å²) >= 11 is 3.95. The van der Waals surface area contributed by atoms with Gasteiger partial charge in [0.15, 0.2) is 0 Å². The maximum atomic E-state index is 12.3. The van der Waals surface area contributed by atoms with Crippen molar-refractivity contribution in [1.29, 1.82) is 0 Å². The van der Waals surface area contributed by atoms with Crippen molar-refractivity contribution < 1.29 is 13.2 Å². The first-order valence-electron chi connectivity index (χ1n) is 3.78. The van der Waals surface area contributed by atoms with E-state index < -0.39 is 11.7 Å². The third kappa shape index (κ3) is 2.95. The molecule has 0 saturated heterocycles. The molecular weight excluding hydrogens is 197 g/mol. The lowest BCUT2D eigenvalue weighted by Gasteiger charge is -2.07. The Balaban J connectivity index is 2.95. The van der Waals surface area contributed by atoms with Gasteiger partial charge in [-0.05, 0) is 12.5 Å². The van der Waals surface area contributed by atoms with E-state index >= 15 is 0 Å². The molecule has 0 radical (unpaired) electrons. The van der Waals surface area contributed by atoms with Crippen LogP contribution in [-0.2, 0) is 0 Å². The molecule has 1 rings (SSSR count). The van der Waals surface area contributed by atoms with E-state index in [0.717, 1.165) is 12.2 Å². The Morgan fingerprint density at radius 2 is 2.08 bits per heavy atom. The average molecular weight is 206 g/mol. The van der Waals surface area contributed by atoms with E-state index in [1.165, 1.54) is 6.08 Å². The summed E-state index contributed by atoms with van der Waals surface area (Å²) in [7, 11) is 0. The lowest BCUT2D eigenvalue weighted by molar-refractivity contribution is -0.0882. The summed E-state index contributed by atoms with van der Waals surface area (Å²) in [5.41, 5.74) is 0.0750. The molecule has 0 aromatic heterocycles. The van der Waals surface area contributed by atoms with Gasteiger partial charge in [-0.2, -0.15) is 25.8 Å². The number of rotatable bonds is 1. The van der Waals surface area contributed by atoms with Crippen LogP contribution in [0.4, 0.5) is 13.2 Å². The van der Waals surface area contributed by atoms with Crippen LogP contribution in [0.5, 0.6) is 0 Å². The van der Waals surface area contributed by atoms with Crippen LogP contribution in [0.1, 0.15) is 6.42 Å². The zero-order chi connectivity index (χ0) is 9.90. The van der Waals surface area contributed by atoms with Crippen molar-refractivity contribution in [3.63, 3.8) is 0 Å². The SMILES string of the molecule is FC(F)(F)C1=CC=CCC(CS)=C1. The van der Waals surface area contributed by atoms with Crippen molar-refractivity contribution in [1.82, 2.24) is 0 Å². The maximum absolute atomic E-state index is 12.3. The minimum atomic E-state index is -4.26. The predicted octanol–water partition coefficient (Wildman–Crippen LogP) is 3.29. The molecule has 0 aliphatic heterocycles. The molecule has 0 unspecified atom stereocenters. The highest BCUT2D eigenvalue weighted by atomic mass is 32.1. The summed E-state index contributed by atoms with van der Waals surface area (Å²) in [5.74, 6) is 0.359. The fourth-order valence-electron chi connectivity index (χ4n) is 1.00. The second-order valence-electron chi connectivity index (χ2n) is 2.71. The third-order valence-electron chi connectivity index (χ3n) is 1.68. The van der Waals surface area contributed by atoms with Crippen molar-refractivity contribution in [2.45, 2.75) is 12.6 Å². The van der Waals surface area contributed by atoms with E-state index in [9.17, 15) is 13.2 Å². The molecule has 72 valence electrons. The number of hydrogen-bond acceptors (Lipinski definition) is 1. The highest BCUT2D eigenvalue weighted by molar-refractivity contribution is 7.80. The van der Waals surface area contributed by atoms with Crippen molar-refractivity contribution in [3.05, 3.63) is 35.5 Å². The van der Waals surface area contributed by atoms with Gasteiger partial charge in [0, 0.05) is 5.75 Å². The van der Waals surface area contributed by atoms with Crippen molar-refractivity contribution >= 4 is 12.6 Å². The molecule has 0 nitrogen and oxygen atoms in total. The molecule has 0 amide bonds. The van der Waals surface area contributed by atoms with Crippen LogP contribution in [0.25, 0.3) is 0 Å². The second-order valence-corrected chi connectivity index (χ2v) is 3.03. The summed E-state index contributed by atoms with van der Waals surface area (Å²) in [6.45, 7) is 0. The molecule has 1 aliphatic carbocycles. The smallest absolute Gasteiger partial charge is 0.175 e. The first-order chi connectivity index (χ1) is 6.04. The molecular formula is C9H9F3S. The van der Waals surface area contributed by atoms with E-state index in [0.29, 0.717) is 17.7 Å². The van der Waals surface area contributed by atoms with Crippen molar-refractivity contribution in [2.75, 3.05) is 5.75 Å². The van der Waals surface area contributed by atoms with E-state index in [4.69, 9.17) is 0 Å². The van der Waals surface area contributed by atoms with Gasteiger partial charge in [-0.1, -0.05) is 23.8 Å². The maximum Gasteiger partial charge on any atom is 0.416 e. The summed E-state index contributed by atoms with van der Waals surface area (Å²) in [6.07, 6.45) is 1.64. The van der Waals surface area contributed by atoms with E-state index in [1.54, 1.807) is 6.08 Å². The molecule has 0 fully saturated rings. The molecule has 0 saturated carbocycles. The average Bonchev–Trinajstić information content (AvgIpc) is 2.27. The summed E-state index contributed by atoms with van der Waals surface area (Å²) in [6, 6.07) is 0. The van der Waals surface area contributed by atoms with Crippen LogP contribution in [0.3, 0.4) is 0 Å². The second kappa shape index (κ2) is 4.05. The fraction of sp³-hybridized carbons (Fsp3) is 0.333. The van der Waals surface area contributed by atoms with Gasteiger partial charge >= 0.3 is 6.18 Å². The minimum absolute atomic E-state index is 0.359. The fourth-order valence-corrected chi connectivity index (χ4v) is 1.22. The van der Waals surface area contributed by atoms with Crippen molar-refractivity contribution in [3.8, 4) is 0 Å². The Labute approximate surface area is 80.2 Å². The molecule has 4 heteroatoms. The molecule has 13 heavy (non-hydrogen) atoms. The predicted molar refractivity (Wildman–Crippen MR) is 49.8 cm³/mol. The third-order valence-corrected chi connectivity index (χ3v) is 2.09. The number of allylic oxidation sites excluding steroid dienone is 5. The Morgan fingerprint density at radius 1 is 1.38 bits per heavy atom. The summed E-state index contributed by atoms with van der Waals surface area (Å²) < 4.78 is 36.8. The number of hydrogen-bond donors (Lipinski definition) is 1. The van der Waals surface area contributed by atoms with Crippen LogP contribution in [-0.4, -0.2) is 11.9 Å². The molecule has 0 N–H and O–H groups in total. The molecule has 0 spiro atoms. The van der Waals surface area contributed by atoms with Gasteiger partial charge in [-0.15, -0.1) is 0 Å². The Bertz CT molecular complexity index is 271. The van der Waals surface area contributed by atoms with Crippen LogP contribution in [0, 0.1) is 0 Å². The van der Waals surface area contributed by atoms with Crippen LogP contribution in [0.2, 0.25) is 0 Å². The van der Waals surface area contributed by atoms with E-state index in [1.807, 2.05) is 0 Å². The number of alkyl halides is 3. The van der Waals surface area contributed by atoms with Crippen molar-refractivity contribution in [2.24, 2.45) is 0 Å². The number of halogens is 3. The van der Waals surface area contributed by atoms with Gasteiger partial charge in [0.1, 0.15) is 0 Å². The Hall–Kier alpha value is -0.640. The molecule has 0 atom stereocenters. The summed E-state index contributed by atoms with van der Waals surface area (Å²) in [4.78, 5) is 0. The first kappa shape index (κ1) is 10.4. The van der Waals surface area contributed by atoms with Crippen LogP contribution < -0.4 is 0 Å². The molecule has 1 aliphatic rings. The number of thiol groups is 1. The standard InChI is InChI=1S/C9H9F3S/c10-9(11,12)8-4-2-1-3-7(5-8)6-13/h1-2,4-5,13H,3,6H2. The molecule has 0 heterocycles. The van der Waals surface area contributed by atoms with E-state index in [2.05, 4.69) is 12.6 Å². The quantitative estimate of drug-likeness (QED) is 0.625. The molecule has 0 bridgehead atoms. The van der Waals surface area contributed by atoms with Gasteiger partial charge in [0.25, 0.3) is 0 Å². The van der Waals surface area contributed by atoms with Crippen LogP contribution in [0.15, 0.2) is 35.5 Å². The zero-order valence-electron chi connectivity index (χ0n) is 6.80. The van der Waals surface area contributed by atoms with Gasteiger partial charge in [0.05, 0.1) is 5.57 Å². The lowest BCUT2D eigenvalue weighted by atomic mass is 10.1. The Kier molecular flexibility index (Phi) is 3.25. The minimum Gasteiger partial charge on any atom is -0.175 e. The lowest BCUT2D eigenvalue weighted by Crippen LogP contribution is -2.10. The first-order valence-corrected chi connectivity index (χ1v) is 4.41. The monoisotopic (exact) mass is 206 g/mol. The molecule has 0 aromatic rings. The summed E-state index contributed by atoms with van der Waals surface area (Å²) in [5, 5.41) is 0. The largest absolute Gasteiger partial charge is 0.416 e.